The van der Waals surface area contributed by atoms with Crippen molar-refractivity contribution in [3.63, 3.8) is 0 Å². The lowest BCUT2D eigenvalue weighted by Crippen LogP contribution is -2.49. The van der Waals surface area contributed by atoms with Crippen LogP contribution in [0.5, 0.6) is 11.5 Å². The second kappa shape index (κ2) is 14.1. The van der Waals surface area contributed by atoms with Crippen molar-refractivity contribution in [3.05, 3.63) is 84.4 Å². The number of nitrogens with zero attached hydrogens (tertiary/aromatic N) is 2. The van der Waals surface area contributed by atoms with E-state index in [9.17, 15) is 18.0 Å². The minimum atomic E-state index is -3.96. The molecule has 2 aliphatic rings. The summed E-state index contributed by atoms with van der Waals surface area (Å²) in [4.78, 5) is 30.3. The first-order valence-electron chi connectivity index (χ1n) is 15.1. The third-order valence-electron chi connectivity index (χ3n) is 8.23. The van der Waals surface area contributed by atoms with E-state index in [1.807, 2.05) is 23.1 Å². The number of anilines is 1. The molecular formula is C33H40N4O5S. The number of carbonyl (C=O) groups is 2. The Morgan fingerprint density at radius 2 is 1.53 bits per heavy atom. The molecule has 2 saturated heterocycles. The van der Waals surface area contributed by atoms with E-state index in [0.29, 0.717) is 30.5 Å². The molecule has 0 spiro atoms. The van der Waals surface area contributed by atoms with Gasteiger partial charge in [-0.1, -0.05) is 30.3 Å². The van der Waals surface area contributed by atoms with Gasteiger partial charge in [-0.05, 0) is 113 Å². The largest absolute Gasteiger partial charge is 0.455 e. The predicted octanol–water partition coefficient (Wildman–Crippen LogP) is 5.12. The average Bonchev–Trinajstić information content (AvgIpc) is 3.55. The van der Waals surface area contributed by atoms with E-state index in [1.165, 1.54) is 56.6 Å². The van der Waals surface area contributed by atoms with Crippen molar-refractivity contribution in [3.8, 4) is 11.5 Å². The summed E-state index contributed by atoms with van der Waals surface area (Å²) in [6, 6.07) is 20.8. The Balaban J connectivity index is 1.13. The number of para-hydroxylation sites is 3. The van der Waals surface area contributed by atoms with Crippen LogP contribution in [-0.2, 0) is 14.8 Å². The lowest BCUT2D eigenvalue weighted by Gasteiger charge is -2.34. The third kappa shape index (κ3) is 8.14. The first kappa shape index (κ1) is 30.6. The van der Waals surface area contributed by atoms with Crippen molar-refractivity contribution < 1.29 is 22.7 Å². The summed E-state index contributed by atoms with van der Waals surface area (Å²) in [5.41, 5.74) is 0.558. The van der Waals surface area contributed by atoms with Gasteiger partial charge in [0.15, 0.2) is 5.75 Å². The van der Waals surface area contributed by atoms with Crippen molar-refractivity contribution in [2.45, 2.75) is 50.0 Å². The number of sulfonamides is 1. The number of benzene rings is 3. The monoisotopic (exact) mass is 604 g/mol. The Morgan fingerprint density at radius 1 is 0.884 bits per heavy atom. The van der Waals surface area contributed by atoms with Crippen LogP contribution in [0.3, 0.4) is 0 Å². The maximum atomic E-state index is 13.1. The van der Waals surface area contributed by atoms with Crippen molar-refractivity contribution in [1.29, 1.82) is 0 Å². The standard InChI is InChI=1S/C33H40N4O5S/c1-25(33(39)37-23-18-26(19-24-37)17-22-36-20-7-8-21-36)34-32(38)27-13-15-29(16-14-27)43(40,41)35-30-11-5-6-12-31(30)42-28-9-3-2-4-10-28/h2-6,9-16,25-26,35H,7-8,17-24H2,1H3,(H,34,38)/t25-/m0/s1. The predicted molar refractivity (Wildman–Crippen MR) is 167 cm³/mol. The Kier molecular flexibility index (Phi) is 9.99. The van der Waals surface area contributed by atoms with Crippen LogP contribution in [0.15, 0.2) is 83.8 Å². The molecule has 43 heavy (non-hydrogen) atoms. The van der Waals surface area contributed by atoms with Crippen LogP contribution in [0.1, 0.15) is 49.4 Å². The van der Waals surface area contributed by atoms with E-state index in [4.69, 9.17) is 4.74 Å². The van der Waals surface area contributed by atoms with Gasteiger partial charge in [-0.15, -0.1) is 0 Å². The average molecular weight is 605 g/mol. The molecule has 0 saturated carbocycles. The van der Waals surface area contributed by atoms with Crippen molar-refractivity contribution in [2.75, 3.05) is 37.4 Å². The van der Waals surface area contributed by atoms with Crippen LogP contribution >= 0.6 is 0 Å². The summed E-state index contributed by atoms with van der Waals surface area (Å²) in [6.07, 6.45) is 5.78. The van der Waals surface area contributed by atoms with E-state index >= 15 is 0 Å². The van der Waals surface area contributed by atoms with Crippen LogP contribution in [0, 0.1) is 5.92 Å². The molecule has 0 unspecified atom stereocenters. The summed E-state index contributed by atoms with van der Waals surface area (Å²) < 4.78 is 34.7. The minimum Gasteiger partial charge on any atom is -0.455 e. The molecule has 2 N–H and O–H groups in total. The number of nitrogens with one attached hydrogen (secondary N) is 2. The fraction of sp³-hybridized carbons (Fsp3) is 0.394. The summed E-state index contributed by atoms with van der Waals surface area (Å²) in [7, 11) is -3.96. The third-order valence-corrected chi connectivity index (χ3v) is 9.61. The van der Waals surface area contributed by atoms with Gasteiger partial charge in [0.25, 0.3) is 15.9 Å². The molecule has 2 aliphatic heterocycles. The Bertz CT molecular complexity index is 1480. The van der Waals surface area contributed by atoms with Gasteiger partial charge in [-0.3, -0.25) is 14.3 Å². The molecule has 228 valence electrons. The second-order valence-electron chi connectivity index (χ2n) is 11.3. The minimum absolute atomic E-state index is 0.00436. The zero-order valence-electron chi connectivity index (χ0n) is 24.6. The van der Waals surface area contributed by atoms with E-state index in [1.54, 1.807) is 43.3 Å². The molecule has 2 heterocycles. The summed E-state index contributed by atoms with van der Waals surface area (Å²) in [5.74, 6) is 1.06. The quantitative estimate of drug-likeness (QED) is 0.315. The molecule has 9 nitrogen and oxygen atoms in total. The molecule has 1 atom stereocenters. The smallest absolute Gasteiger partial charge is 0.262 e. The topological polar surface area (TPSA) is 108 Å². The SMILES string of the molecule is C[C@H](NC(=O)c1ccc(S(=O)(=O)Nc2ccccc2Oc2ccccc2)cc1)C(=O)N1CCC(CCN2CCCC2)CC1. The number of hydrogen-bond donors (Lipinski definition) is 2. The molecule has 0 aromatic heterocycles. The number of amides is 2. The van der Waals surface area contributed by atoms with E-state index in [2.05, 4.69) is 14.9 Å². The molecular weight excluding hydrogens is 564 g/mol. The van der Waals surface area contributed by atoms with Crippen molar-refractivity contribution in [1.82, 2.24) is 15.1 Å². The van der Waals surface area contributed by atoms with Crippen molar-refractivity contribution in [2.24, 2.45) is 5.92 Å². The first-order chi connectivity index (χ1) is 20.8. The molecule has 0 radical (unpaired) electrons. The lowest BCUT2D eigenvalue weighted by molar-refractivity contribution is -0.134. The fourth-order valence-corrected chi connectivity index (χ4v) is 6.74. The molecule has 5 rings (SSSR count). The van der Waals surface area contributed by atoms with E-state index in [0.717, 1.165) is 19.4 Å². The van der Waals surface area contributed by atoms with Crippen LogP contribution in [-0.4, -0.2) is 68.8 Å². The molecule has 2 fully saturated rings. The number of rotatable bonds is 11. The van der Waals surface area contributed by atoms with Gasteiger partial charge < -0.3 is 19.9 Å². The normalized spacial score (nSPS) is 16.9. The summed E-state index contributed by atoms with van der Waals surface area (Å²) >= 11 is 0. The number of ether oxygens (including phenoxy) is 1. The highest BCUT2D eigenvalue weighted by Gasteiger charge is 2.28. The summed E-state index contributed by atoms with van der Waals surface area (Å²) in [5, 5.41) is 2.78. The van der Waals surface area contributed by atoms with Crippen LogP contribution in [0.2, 0.25) is 0 Å². The number of hydrogen-bond acceptors (Lipinski definition) is 6. The van der Waals surface area contributed by atoms with Crippen LogP contribution in [0.4, 0.5) is 5.69 Å². The van der Waals surface area contributed by atoms with E-state index in [-0.39, 0.29) is 22.1 Å². The molecule has 2 amide bonds. The maximum Gasteiger partial charge on any atom is 0.262 e. The van der Waals surface area contributed by atoms with Gasteiger partial charge in [-0.2, -0.15) is 0 Å². The van der Waals surface area contributed by atoms with Gasteiger partial charge in [-0.25, -0.2) is 8.42 Å². The first-order valence-corrected chi connectivity index (χ1v) is 16.5. The molecule has 10 heteroatoms. The van der Waals surface area contributed by atoms with Crippen LogP contribution in [0.25, 0.3) is 0 Å². The van der Waals surface area contributed by atoms with Gasteiger partial charge in [0.2, 0.25) is 5.91 Å². The molecule has 0 aliphatic carbocycles. The Hall–Kier alpha value is -3.89. The zero-order chi connectivity index (χ0) is 30.2. The second-order valence-corrected chi connectivity index (χ2v) is 13.0. The number of likely N-dealkylation sites (tertiary alicyclic amines) is 2. The van der Waals surface area contributed by atoms with Gasteiger partial charge in [0, 0.05) is 18.7 Å². The highest BCUT2D eigenvalue weighted by molar-refractivity contribution is 7.92. The summed E-state index contributed by atoms with van der Waals surface area (Å²) in [6.45, 7) is 6.69. The van der Waals surface area contributed by atoms with Crippen LogP contribution < -0.4 is 14.8 Å². The van der Waals surface area contributed by atoms with Gasteiger partial charge >= 0.3 is 0 Å². The lowest BCUT2D eigenvalue weighted by atomic mass is 9.93. The Morgan fingerprint density at radius 3 is 2.23 bits per heavy atom. The van der Waals surface area contributed by atoms with Gasteiger partial charge in [0.1, 0.15) is 11.8 Å². The van der Waals surface area contributed by atoms with Crippen molar-refractivity contribution >= 4 is 27.5 Å². The molecule has 0 bridgehead atoms. The number of carbonyl (C=O) groups excluding carboxylic acids is 2. The molecule has 3 aromatic rings. The van der Waals surface area contributed by atoms with E-state index < -0.39 is 22.0 Å². The fourth-order valence-electron chi connectivity index (χ4n) is 5.67. The highest BCUT2D eigenvalue weighted by atomic mass is 32.2. The van der Waals surface area contributed by atoms with Gasteiger partial charge in [0.05, 0.1) is 10.6 Å². The molecule has 3 aromatic carbocycles. The zero-order valence-corrected chi connectivity index (χ0v) is 25.4. The highest BCUT2D eigenvalue weighted by Crippen LogP contribution is 2.31. The Labute approximate surface area is 254 Å². The maximum absolute atomic E-state index is 13.1. The number of piperidine rings is 1.